The Hall–Kier alpha value is -0.770. The summed E-state index contributed by atoms with van der Waals surface area (Å²) in [4.78, 5) is 14.0. The average molecular weight is 316 g/mol. The van der Waals surface area contributed by atoms with Crippen molar-refractivity contribution in [1.82, 2.24) is 4.90 Å². The number of morpholine rings is 1. The van der Waals surface area contributed by atoms with Gasteiger partial charge in [-0.05, 0) is 18.1 Å². The summed E-state index contributed by atoms with van der Waals surface area (Å²) in [6, 6.07) is 5.36. The van der Waals surface area contributed by atoms with Gasteiger partial charge in [-0.2, -0.15) is 0 Å². The van der Waals surface area contributed by atoms with Gasteiger partial charge in [0, 0.05) is 28.6 Å². The highest BCUT2D eigenvalue weighted by Gasteiger charge is 2.26. The number of carbonyl (C=O) groups is 1. The van der Waals surface area contributed by atoms with E-state index in [2.05, 4.69) is 0 Å². The van der Waals surface area contributed by atoms with Gasteiger partial charge in [-0.1, -0.05) is 43.1 Å². The lowest BCUT2D eigenvalue weighted by Crippen LogP contribution is -2.42. The standard InChI is InChI=1S/C15H19Cl2NO2/c1-10(2)7-15(19)18-5-6-20-14(9-18)12-4-3-11(16)8-13(12)17/h3-4,8,10,14H,5-7,9H2,1-2H3. The topological polar surface area (TPSA) is 29.5 Å². The van der Waals surface area contributed by atoms with Gasteiger partial charge in [-0.15, -0.1) is 0 Å². The maximum absolute atomic E-state index is 12.1. The molecule has 3 nitrogen and oxygen atoms in total. The number of hydrogen-bond donors (Lipinski definition) is 0. The van der Waals surface area contributed by atoms with Gasteiger partial charge in [0.05, 0.1) is 13.2 Å². The number of benzene rings is 1. The third-order valence-electron chi connectivity index (χ3n) is 3.31. The Balaban J connectivity index is 2.08. The molecule has 1 fully saturated rings. The van der Waals surface area contributed by atoms with Gasteiger partial charge in [-0.25, -0.2) is 0 Å². The van der Waals surface area contributed by atoms with Crippen LogP contribution < -0.4 is 0 Å². The lowest BCUT2D eigenvalue weighted by molar-refractivity contribution is -0.139. The first-order valence-corrected chi connectivity index (χ1v) is 7.57. The molecule has 110 valence electrons. The maximum atomic E-state index is 12.1. The van der Waals surface area contributed by atoms with Crippen molar-refractivity contribution in [3.8, 4) is 0 Å². The molecule has 1 aliphatic heterocycles. The highest BCUT2D eigenvalue weighted by molar-refractivity contribution is 6.35. The summed E-state index contributed by atoms with van der Waals surface area (Å²) in [7, 11) is 0. The molecule has 1 amide bonds. The molecule has 1 saturated heterocycles. The van der Waals surface area contributed by atoms with E-state index < -0.39 is 0 Å². The molecule has 20 heavy (non-hydrogen) atoms. The van der Waals surface area contributed by atoms with Crippen LogP contribution in [0, 0.1) is 5.92 Å². The zero-order valence-corrected chi connectivity index (χ0v) is 13.2. The summed E-state index contributed by atoms with van der Waals surface area (Å²) in [5.41, 5.74) is 0.887. The second-order valence-corrected chi connectivity index (χ2v) is 6.31. The first-order chi connectivity index (χ1) is 9.47. The van der Waals surface area contributed by atoms with Crippen LogP contribution in [0.4, 0.5) is 0 Å². The number of halogens is 2. The monoisotopic (exact) mass is 315 g/mol. The molecule has 0 bridgehead atoms. The Morgan fingerprint density at radius 2 is 2.20 bits per heavy atom. The van der Waals surface area contributed by atoms with Crippen molar-refractivity contribution in [2.24, 2.45) is 5.92 Å². The number of carbonyl (C=O) groups excluding carboxylic acids is 1. The van der Waals surface area contributed by atoms with E-state index in [4.69, 9.17) is 27.9 Å². The summed E-state index contributed by atoms with van der Waals surface area (Å²) in [6.45, 7) is 5.82. The minimum atomic E-state index is -0.176. The fraction of sp³-hybridized carbons (Fsp3) is 0.533. The molecular formula is C15H19Cl2NO2. The molecule has 1 aliphatic rings. The van der Waals surface area contributed by atoms with E-state index in [1.807, 2.05) is 24.8 Å². The van der Waals surface area contributed by atoms with Crippen LogP contribution >= 0.6 is 23.2 Å². The zero-order chi connectivity index (χ0) is 14.7. The average Bonchev–Trinajstić information content (AvgIpc) is 2.38. The van der Waals surface area contributed by atoms with Crippen LogP contribution in [0.25, 0.3) is 0 Å². The van der Waals surface area contributed by atoms with E-state index in [1.165, 1.54) is 0 Å². The number of rotatable bonds is 3. The molecule has 1 heterocycles. The van der Waals surface area contributed by atoms with E-state index in [0.29, 0.717) is 42.1 Å². The SMILES string of the molecule is CC(C)CC(=O)N1CCOC(c2ccc(Cl)cc2Cl)C1. The lowest BCUT2D eigenvalue weighted by Gasteiger charge is -2.34. The van der Waals surface area contributed by atoms with Crippen LogP contribution in [0.3, 0.4) is 0 Å². The van der Waals surface area contributed by atoms with Crippen LogP contribution in [0.2, 0.25) is 10.0 Å². The molecule has 0 N–H and O–H groups in total. The van der Waals surface area contributed by atoms with Crippen LogP contribution in [0.1, 0.15) is 31.9 Å². The summed E-state index contributed by atoms with van der Waals surface area (Å²) < 4.78 is 5.75. The quantitative estimate of drug-likeness (QED) is 0.845. The van der Waals surface area contributed by atoms with Gasteiger partial charge in [-0.3, -0.25) is 4.79 Å². The van der Waals surface area contributed by atoms with Crippen LogP contribution in [-0.2, 0) is 9.53 Å². The van der Waals surface area contributed by atoms with Crippen molar-refractivity contribution in [1.29, 1.82) is 0 Å². The molecule has 0 aliphatic carbocycles. The van der Waals surface area contributed by atoms with E-state index in [9.17, 15) is 4.79 Å². The van der Waals surface area contributed by atoms with E-state index in [0.717, 1.165) is 5.56 Å². The van der Waals surface area contributed by atoms with Crippen LogP contribution in [0.5, 0.6) is 0 Å². The minimum Gasteiger partial charge on any atom is -0.370 e. The Bertz CT molecular complexity index is 491. The number of nitrogens with zero attached hydrogens (tertiary/aromatic N) is 1. The molecule has 0 radical (unpaired) electrons. The van der Waals surface area contributed by atoms with E-state index in [1.54, 1.807) is 12.1 Å². The largest absolute Gasteiger partial charge is 0.370 e. The summed E-state index contributed by atoms with van der Waals surface area (Å²) in [5, 5.41) is 1.18. The van der Waals surface area contributed by atoms with E-state index in [-0.39, 0.29) is 12.0 Å². The highest BCUT2D eigenvalue weighted by atomic mass is 35.5. The van der Waals surface area contributed by atoms with Crippen LogP contribution in [-0.4, -0.2) is 30.5 Å². The highest BCUT2D eigenvalue weighted by Crippen LogP contribution is 2.30. The van der Waals surface area contributed by atoms with Crippen LogP contribution in [0.15, 0.2) is 18.2 Å². The number of ether oxygens (including phenoxy) is 1. The van der Waals surface area contributed by atoms with E-state index >= 15 is 0 Å². The van der Waals surface area contributed by atoms with Crippen molar-refractivity contribution in [3.63, 3.8) is 0 Å². The Morgan fingerprint density at radius 3 is 2.85 bits per heavy atom. The lowest BCUT2D eigenvalue weighted by atomic mass is 10.1. The summed E-state index contributed by atoms with van der Waals surface area (Å²) in [5.74, 6) is 0.543. The maximum Gasteiger partial charge on any atom is 0.223 e. The van der Waals surface area contributed by atoms with Gasteiger partial charge in [0.15, 0.2) is 0 Å². The molecule has 1 atom stereocenters. The van der Waals surface area contributed by atoms with Crippen molar-refractivity contribution < 1.29 is 9.53 Å². The molecular weight excluding hydrogens is 297 g/mol. The van der Waals surface area contributed by atoms with Gasteiger partial charge in [0.25, 0.3) is 0 Å². The normalized spacial score (nSPS) is 19.4. The molecule has 1 aromatic carbocycles. The molecule has 1 aromatic rings. The van der Waals surface area contributed by atoms with Gasteiger partial charge in [0.1, 0.15) is 6.10 Å². The van der Waals surface area contributed by atoms with Crippen molar-refractivity contribution in [3.05, 3.63) is 33.8 Å². The molecule has 2 rings (SSSR count). The van der Waals surface area contributed by atoms with Gasteiger partial charge in [0.2, 0.25) is 5.91 Å². The molecule has 5 heteroatoms. The third-order valence-corrected chi connectivity index (χ3v) is 3.87. The molecule has 0 aromatic heterocycles. The smallest absolute Gasteiger partial charge is 0.223 e. The zero-order valence-electron chi connectivity index (χ0n) is 11.7. The van der Waals surface area contributed by atoms with Crippen molar-refractivity contribution in [2.45, 2.75) is 26.4 Å². The molecule has 0 spiro atoms. The van der Waals surface area contributed by atoms with Crippen molar-refractivity contribution in [2.75, 3.05) is 19.7 Å². The van der Waals surface area contributed by atoms with Gasteiger partial charge < -0.3 is 9.64 Å². The third kappa shape index (κ3) is 3.87. The Labute approximate surface area is 129 Å². The Kier molecular flexibility index (Phi) is 5.30. The fourth-order valence-corrected chi connectivity index (χ4v) is 2.84. The molecule has 0 saturated carbocycles. The second-order valence-electron chi connectivity index (χ2n) is 5.46. The summed E-state index contributed by atoms with van der Waals surface area (Å²) >= 11 is 12.1. The number of hydrogen-bond acceptors (Lipinski definition) is 2. The summed E-state index contributed by atoms with van der Waals surface area (Å²) in [6.07, 6.45) is 0.394. The first kappa shape index (κ1) is 15.6. The second kappa shape index (κ2) is 6.79. The van der Waals surface area contributed by atoms with Gasteiger partial charge >= 0.3 is 0 Å². The predicted octanol–water partition coefficient (Wildman–Crippen LogP) is 3.94. The number of amides is 1. The predicted molar refractivity (Wildman–Crippen MR) is 81.2 cm³/mol. The minimum absolute atomic E-state index is 0.176. The Morgan fingerprint density at radius 1 is 1.45 bits per heavy atom. The first-order valence-electron chi connectivity index (χ1n) is 6.81. The molecule has 1 unspecified atom stereocenters. The van der Waals surface area contributed by atoms with Crippen molar-refractivity contribution >= 4 is 29.1 Å². The fourth-order valence-electron chi connectivity index (χ4n) is 2.30.